The van der Waals surface area contributed by atoms with Gasteiger partial charge in [-0.25, -0.2) is 0 Å². The molecule has 0 spiro atoms. The predicted octanol–water partition coefficient (Wildman–Crippen LogP) is 3.63. The van der Waals surface area contributed by atoms with Crippen molar-refractivity contribution in [1.82, 2.24) is 9.78 Å². The van der Waals surface area contributed by atoms with E-state index < -0.39 is 5.91 Å². The summed E-state index contributed by atoms with van der Waals surface area (Å²) in [6, 6.07) is 13.9. The number of aryl methyl sites for hydroxylation is 1. The third-order valence-electron chi connectivity index (χ3n) is 3.41. The smallest absolute Gasteiger partial charge is 0.248 e. The van der Waals surface area contributed by atoms with Crippen LogP contribution < -0.4 is 10.5 Å². The molecule has 3 rings (SSSR count). The predicted molar refractivity (Wildman–Crippen MR) is 88.7 cm³/mol. The minimum Gasteiger partial charge on any atom is -0.457 e. The molecule has 0 saturated carbocycles. The molecule has 3 aromatic rings. The zero-order valence-corrected chi connectivity index (χ0v) is 13.1. The van der Waals surface area contributed by atoms with E-state index in [1.54, 1.807) is 47.3 Å². The Bertz CT molecular complexity index is 857. The maximum Gasteiger partial charge on any atom is 0.248 e. The number of aromatic nitrogens is 2. The first-order valence-electron chi connectivity index (χ1n) is 6.90. The van der Waals surface area contributed by atoms with Gasteiger partial charge in [-0.1, -0.05) is 11.6 Å². The molecule has 1 aromatic heterocycles. The Morgan fingerprint density at radius 3 is 2.52 bits per heavy atom. The minimum atomic E-state index is -0.474. The van der Waals surface area contributed by atoms with Crippen LogP contribution in [0.25, 0.3) is 11.3 Å². The average molecular weight is 328 g/mol. The zero-order chi connectivity index (χ0) is 16.4. The molecule has 0 aliphatic rings. The molecule has 5 nitrogen and oxygen atoms in total. The first-order valence-corrected chi connectivity index (χ1v) is 7.28. The van der Waals surface area contributed by atoms with Crippen LogP contribution in [0.15, 0.2) is 54.7 Å². The number of primary amides is 1. The Kier molecular flexibility index (Phi) is 4.04. The van der Waals surface area contributed by atoms with Gasteiger partial charge in [-0.15, -0.1) is 0 Å². The highest BCUT2D eigenvalue weighted by Crippen LogP contribution is 2.35. The number of benzene rings is 2. The van der Waals surface area contributed by atoms with Gasteiger partial charge < -0.3 is 10.5 Å². The molecule has 0 saturated heterocycles. The van der Waals surface area contributed by atoms with Crippen LogP contribution in [-0.2, 0) is 7.05 Å². The fraction of sp³-hybridized carbons (Fsp3) is 0.0588. The van der Waals surface area contributed by atoms with E-state index in [9.17, 15) is 4.79 Å². The normalized spacial score (nSPS) is 10.5. The second-order valence-electron chi connectivity index (χ2n) is 4.97. The largest absolute Gasteiger partial charge is 0.457 e. The summed E-state index contributed by atoms with van der Waals surface area (Å²) in [7, 11) is 1.85. The average Bonchev–Trinajstić information content (AvgIpc) is 2.95. The van der Waals surface area contributed by atoms with Crippen LogP contribution in [0.3, 0.4) is 0 Å². The lowest BCUT2D eigenvalue weighted by Crippen LogP contribution is -2.10. The second-order valence-corrected chi connectivity index (χ2v) is 5.41. The molecule has 0 unspecified atom stereocenters. The molecule has 0 bridgehead atoms. The maximum absolute atomic E-state index is 11.1. The maximum atomic E-state index is 11.1. The van der Waals surface area contributed by atoms with E-state index in [2.05, 4.69) is 5.10 Å². The van der Waals surface area contributed by atoms with Crippen LogP contribution in [-0.4, -0.2) is 15.7 Å². The number of nitrogens with two attached hydrogens (primary N) is 1. The van der Waals surface area contributed by atoms with Crippen molar-refractivity contribution in [2.24, 2.45) is 12.8 Å². The van der Waals surface area contributed by atoms with Gasteiger partial charge in [0.25, 0.3) is 0 Å². The summed E-state index contributed by atoms with van der Waals surface area (Å²) in [5.41, 5.74) is 7.38. The quantitative estimate of drug-likeness (QED) is 0.795. The molecule has 0 atom stereocenters. The van der Waals surface area contributed by atoms with Crippen LogP contribution in [0.1, 0.15) is 10.4 Å². The number of carbonyl (C=O) groups excluding carboxylic acids is 1. The van der Waals surface area contributed by atoms with E-state index in [1.165, 1.54) is 0 Å². The zero-order valence-electron chi connectivity index (χ0n) is 12.4. The van der Waals surface area contributed by atoms with Crippen LogP contribution in [0.4, 0.5) is 0 Å². The molecule has 1 heterocycles. The fourth-order valence-corrected chi connectivity index (χ4v) is 2.42. The van der Waals surface area contributed by atoms with Crippen molar-refractivity contribution >= 4 is 17.5 Å². The summed E-state index contributed by atoms with van der Waals surface area (Å²) in [6.45, 7) is 0. The second kappa shape index (κ2) is 6.14. The Morgan fingerprint density at radius 1 is 1.17 bits per heavy atom. The van der Waals surface area contributed by atoms with E-state index in [1.807, 2.05) is 19.2 Å². The van der Waals surface area contributed by atoms with Gasteiger partial charge in [0.1, 0.15) is 11.5 Å². The van der Waals surface area contributed by atoms with Gasteiger partial charge in [-0.05, 0) is 48.5 Å². The van der Waals surface area contributed by atoms with Crippen molar-refractivity contribution in [3.8, 4) is 22.8 Å². The SMILES string of the molecule is Cn1nccc1-c1cc(Cl)ccc1Oc1ccc(C(N)=O)cc1. The molecule has 2 N–H and O–H groups in total. The number of halogens is 1. The van der Waals surface area contributed by atoms with Gasteiger partial charge in [-0.3, -0.25) is 9.48 Å². The number of hydrogen-bond donors (Lipinski definition) is 1. The highest BCUT2D eigenvalue weighted by Gasteiger charge is 2.12. The van der Waals surface area contributed by atoms with Crippen LogP contribution in [0.2, 0.25) is 5.02 Å². The van der Waals surface area contributed by atoms with E-state index in [0.717, 1.165) is 11.3 Å². The van der Waals surface area contributed by atoms with Crippen molar-refractivity contribution in [1.29, 1.82) is 0 Å². The topological polar surface area (TPSA) is 70.1 Å². The first kappa shape index (κ1) is 15.1. The summed E-state index contributed by atoms with van der Waals surface area (Å²) in [6.07, 6.45) is 1.71. The Labute approximate surface area is 138 Å². The molecule has 0 fully saturated rings. The highest BCUT2D eigenvalue weighted by molar-refractivity contribution is 6.31. The van der Waals surface area contributed by atoms with Crippen molar-refractivity contribution in [3.05, 3.63) is 65.3 Å². The molecule has 1 amide bonds. The van der Waals surface area contributed by atoms with E-state index in [-0.39, 0.29) is 0 Å². The molecule has 116 valence electrons. The molecular formula is C17H14ClN3O2. The van der Waals surface area contributed by atoms with Crippen molar-refractivity contribution in [2.45, 2.75) is 0 Å². The lowest BCUT2D eigenvalue weighted by molar-refractivity contribution is 0.100. The fourth-order valence-electron chi connectivity index (χ4n) is 2.24. The Balaban J connectivity index is 1.97. The Hall–Kier alpha value is -2.79. The van der Waals surface area contributed by atoms with Crippen LogP contribution >= 0.6 is 11.6 Å². The molecule has 6 heteroatoms. The molecule has 0 aliphatic heterocycles. The number of rotatable bonds is 4. The number of carbonyl (C=O) groups is 1. The number of amides is 1. The van der Waals surface area contributed by atoms with Crippen LogP contribution in [0, 0.1) is 0 Å². The third-order valence-corrected chi connectivity index (χ3v) is 3.64. The summed E-state index contributed by atoms with van der Waals surface area (Å²) in [5, 5.41) is 4.78. The van der Waals surface area contributed by atoms with Gasteiger partial charge in [0.05, 0.1) is 5.69 Å². The monoisotopic (exact) mass is 327 g/mol. The number of nitrogens with zero attached hydrogens (tertiary/aromatic N) is 2. The number of ether oxygens (including phenoxy) is 1. The van der Waals surface area contributed by atoms with E-state index in [4.69, 9.17) is 22.1 Å². The lowest BCUT2D eigenvalue weighted by Gasteiger charge is -2.12. The summed E-state index contributed by atoms with van der Waals surface area (Å²) >= 11 is 6.11. The molecule has 2 aromatic carbocycles. The lowest BCUT2D eigenvalue weighted by atomic mass is 10.1. The molecule has 0 aliphatic carbocycles. The number of hydrogen-bond acceptors (Lipinski definition) is 3. The van der Waals surface area contributed by atoms with Gasteiger partial charge in [0, 0.05) is 29.4 Å². The first-order chi connectivity index (χ1) is 11.0. The van der Waals surface area contributed by atoms with Gasteiger partial charge in [0.15, 0.2) is 0 Å². The standard InChI is InChI=1S/C17H14ClN3O2/c1-21-15(8-9-20-21)14-10-12(18)4-7-16(14)23-13-5-2-11(3-6-13)17(19)22/h2-10H,1H3,(H2,19,22). The highest BCUT2D eigenvalue weighted by atomic mass is 35.5. The molecular weight excluding hydrogens is 314 g/mol. The molecule has 23 heavy (non-hydrogen) atoms. The Morgan fingerprint density at radius 2 is 1.91 bits per heavy atom. The van der Waals surface area contributed by atoms with Gasteiger partial charge >= 0.3 is 0 Å². The van der Waals surface area contributed by atoms with E-state index in [0.29, 0.717) is 22.1 Å². The summed E-state index contributed by atoms with van der Waals surface area (Å²) in [5.74, 6) is 0.768. The van der Waals surface area contributed by atoms with Crippen molar-refractivity contribution in [3.63, 3.8) is 0 Å². The molecule has 0 radical (unpaired) electrons. The summed E-state index contributed by atoms with van der Waals surface area (Å²) in [4.78, 5) is 11.1. The minimum absolute atomic E-state index is 0.431. The summed E-state index contributed by atoms with van der Waals surface area (Å²) < 4.78 is 7.67. The van der Waals surface area contributed by atoms with Crippen LogP contribution in [0.5, 0.6) is 11.5 Å². The van der Waals surface area contributed by atoms with Gasteiger partial charge in [0.2, 0.25) is 5.91 Å². The van der Waals surface area contributed by atoms with E-state index >= 15 is 0 Å². The third kappa shape index (κ3) is 3.19. The van der Waals surface area contributed by atoms with Gasteiger partial charge in [-0.2, -0.15) is 5.10 Å². The van der Waals surface area contributed by atoms with Crippen molar-refractivity contribution < 1.29 is 9.53 Å². The van der Waals surface area contributed by atoms with Crippen molar-refractivity contribution in [2.75, 3.05) is 0 Å².